The molecule has 0 aromatic heterocycles. The molecule has 21 heavy (non-hydrogen) atoms. The lowest BCUT2D eigenvalue weighted by Crippen LogP contribution is -2.48. The van der Waals surface area contributed by atoms with Crippen LogP contribution in [0, 0.1) is 5.92 Å². The zero-order valence-corrected chi connectivity index (χ0v) is 13.2. The van der Waals surface area contributed by atoms with Crippen LogP contribution in [0.3, 0.4) is 0 Å². The molecular weight excluding hydrogens is 270 g/mol. The Morgan fingerprint density at radius 3 is 2.48 bits per heavy atom. The van der Waals surface area contributed by atoms with Crippen molar-refractivity contribution in [2.75, 3.05) is 26.2 Å². The Morgan fingerprint density at radius 2 is 1.90 bits per heavy atom. The predicted molar refractivity (Wildman–Crippen MR) is 81.9 cm³/mol. The van der Waals surface area contributed by atoms with Gasteiger partial charge in [0.25, 0.3) is 0 Å². The number of rotatable bonds is 7. The van der Waals surface area contributed by atoms with Crippen molar-refractivity contribution in [2.24, 2.45) is 5.92 Å². The number of urea groups is 1. The molecule has 0 atom stereocenters. The van der Waals surface area contributed by atoms with E-state index in [1.165, 1.54) is 19.3 Å². The van der Waals surface area contributed by atoms with Crippen LogP contribution in [0.1, 0.15) is 46.0 Å². The third kappa shape index (κ3) is 7.43. The molecule has 0 bridgehead atoms. The molecular formula is C15H29N3O3. The van der Waals surface area contributed by atoms with E-state index >= 15 is 0 Å². The highest BCUT2D eigenvalue weighted by Crippen LogP contribution is 2.22. The van der Waals surface area contributed by atoms with Crippen molar-refractivity contribution in [3.63, 3.8) is 0 Å². The zero-order valence-electron chi connectivity index (χ0n) is 13.2. The number of amides is 3. The second kappa shape index (κ2) is 9.73. The number of aliphatic hydroxyl groups is 1. The van der Waals surface area contributed by atoms with E-state index in [1.54, 1.807) is 0 Å². The average Bonchev–Trinajstić information content (AvgIpc) is 2.45. The Morgan fingerprint density at radius 1 is 1.24 bits per heavy atom. The van der Waals surface area contributed by atoms with E-state index in [9.17, 15) is 9.59 Å². The Bertz CT molecular complexity index is 328. The number of hydrogen-bond donors (Lipinski definition) is 3. The SMILES string of the molecule is CC(C)CNC(=O)NC(=O)CN(CCO)C1CCCCC1. The molecule has 1 saturated carbocycles. The molecule has 0 aliphatic heterocycles. The highest BCUT2D eigenvalue weighted by Gasteiger charge is 2.23. The Labute approximate surface area is 127 Å². The van der Waals surface area contributed by atoms with Crippen LogP contribution in [0.25, 0.3) is 0 Å². The Kier molecular flexibility index (Phi) is 8.30. The van der Waals surface area contributed by atoms with E-state index in [1.807, 2.05) is 18.7 Å². The molecule has 1 fully saturated rings. The number of nitrogens with one attached hydrogen (secondary N) is 2. The monoisotopic (exact) mass is 299 g/mol. The first-order valence-electron chi connectivity index (χ1n) is 7.95. The van der Waals surface area contributed by atoms with Gasteiger partial charge >= 0.3 is 6.03 Å². The summed E-state index contributed by atoms with van der Waals surface area (Å²) in [5.41, 5.74) is 0. The first-order chi connectivity index (χ1) is 10.0. The van der Waals surface area contributed by atoms with Gasteiger partial charge in [-0.3, -0.25) is 15.0 Å². The highest BCUT2D eigenvalue weighted by molar-refractivity contribution is 5.95. The Balaban J connectivity index is 2.38. The van der Waals surface area contributed by atoms with Gasteiger partial charge in [-0.05, 0) is 18.8 Å². The highest BCUT2D eigenvalue weighted by atomic mass is 16.3. The summed E-state index contributed by atoms with van der Waals surface area (Å²) in [4.78, 5) is 25.5. The maximum absolute atomic E-state index is 11.9. The number of aliphatic hydroxyl groups excluding tert-OH is 1. The molecule has 0 saturated heterocycles. The summed E-state index contributed by atoms with van der Waals surface area (Å²) in [5, 5.41) is 14.2. The second-order valence-corrected chi connectivity index (χ2v) is 6.14. The van der Waals surface area contributed by atoms with Crippen molar-refractivity contribution >= 4 is 11.9 Å². The summed E-state index contributed by atoms with van der Waals surface area (Å²) in [7, 11) is 0. The third-order valence-electron chi connectivity index (χ3n) is 3.75. The van der Waals surface area contributed by atoms with Crippen LogP contribution in [0.4, 0.5) is 4.79 Å². The van der Waals surface area contributed by atoms with Crippen molar-refractivity contribution in [3.8, 4) is 0 Å². The van der Waals surface area contributed by atoms with Crippen LogP contribution < -0.4 is 10.6 Å². The van der Waals surface area contributed by atoms with Crippen LogP contribution in [0.15, 0.2) is 0 Å². The van der Waals surface area contributed by atoms with Crippen LogP contribution in [-0.2, 0) is 4.79 Å². The lowest BCUT2D eigenvalue weighted by atomic mass is 9.94. The van der Waals surface area contributed by atoms with Gasteiger partial charge in [0, 0.05) is 19.1 Å². The molecule has 0 unspecified atom stereocenters. The van der Waals surface area contributed by atoms with Crippen LogP contribution >= 0.6 is 0 Å². The van der Waals surface area contributed by atoms with E-state index in [0.717, 1.165) is 12.8 Å². The summed E-state index contributed by atoms with van der Waals surface area (Å²) in [6.45, 7) is 5.21. The summed E-state index contributed by atoms with van der Waals surface area (Å²) < 4.78 is 0. The topological polar surface area (TPSA) is 81.7 Å². The molecule has 3 amide bonds. The smallest absolute Gasteiger partial charge is 0.321 e. The van der Waals surface area contributed by atoms with Gasteiger partial charge in [0.15, 0.2) is 0 Å². The van der Waals surface area contributed by atoms with Gasteiger partial charge in [0.05, 0.1) is 13.2 Å². The van der Waals surface area contributed by atoms with Crippen molar-refractivity contribution in [3.05, 3.63) is 0 Å². The lowest BCUT2D eigenvalue weighted by Gasteiger charge is -2.33. The standard InChI is InChI=1S/C15H29N3O3/c1-12(2)10-16-15(21)17-14(20)11-18(8-9-19)13-6-4-3-5-7-13/h12-13,19H,3-11H2,1-2H3,(H2,16,17,20,21). The number of imide groups is 1. The molecule has 0 aromatic carbocycles. The van der Waals surface area contributed by atoms with Crippen molar-refractivity contribution in [1.29, 1.82) is 0 Å². The lowest BCUT2D eigenvalue weighted by molar-refractivity contribution is -0.122. The van der Waals surface area contributed by atoms with E-state index in [4.69, 9.17) is 5.11 Å². The summed E-state index contributed by atoms with van der Waals surface area (Å²) in [6.07, 6.45) is 5.71. The van der Waals surface area contributed by atoms with Gasteiger partial charge in [-0.15, -0.1) is 0 Å². The van der Waals surface area contributed by atoms with Gasteiger partial charge < -0.3 is 10.4 Å². The average molecular weight is 299 g/mol. The van der Waals surface area contributed by atoms with Crippen molar-refractivity contribution in [2.45, 2.75) is 52.0 Å². The Hall–Kier alpha value is -1.14. The quantitative estimate of drug-likeness (QED) is 0.657. The maximum Gasteiger partial charge on any atom is 0.321 e. The summed E-state index contributed by atoms with van der Waals surface area (Å²) >= 11 is 0. The van der Waals surface area contributed by atoms with E-state index in [0.29, 0.717) is 25.0 Å². The predicted octanol–water partition coefficient (Wildman–Crippen LogP) is 1.10. The van der Waals surface area contributed by atoms with Crippen molar-refractivity contribution < 1.29 is 14.7 Å². The van der Waals surface area contributed by atoms with Gasteiger partial charge in [-0.2, -0.15) is 0 Å². The molecule has 0 radical (unpaired) electrons. The fourth-order valence-electron chi connectivity index (χ4n) is 2.66. The molecule has 0 aromatic rings. The van der Waals surface area contributed by atoms with Crippen LogP contribution in [0.2, 0.25) is 0 Å². The van der Waals surface area contributed by atoms with Gasteiger partial charge in [-0.1, -0.05) is 33.1 Å². The minimum atomic E-state index is -0.443. The van der Waals surface area contributed by atoms with Crippen molar-refractivity contribution in [1.82, 2.24) is 15.5 Å². The van der Waals surface area contributed by atoms with Crippen LogP contribution in [0.5, 0.6) is 0 Å². The first-order valence-corrected chi connectivity index (χ1v) is 7.95. The molecule has 0 heterocycles. The number of carbonyl (C=O) groups excluding carboxylic acids is 2. The maximum atomic E-state index is 11.9. The minimum absolute atomic E-state index is 0.0311. The number of nitrogens with zero attached hydrogens (tertiary/aromatic N) is 1. The number of carbonyl (C=O) groups is 2. The number of hydrogen-bond acceptors (Lipinski definition) is 4. The fourth-order valence-corrected chi connectivity index (χ4v) is 2.66. The minimum Gasteiger partial charge on any atom is -0.395 e. The molecule has 6 heteroatoms. The fraction of sp³-hybridized carbons (Fsp3) is 0.867. The molecule has 1 aliphatic carbocycles. The van der Waals surface area contributed by atoms with Gasteiger partial charge in [-0.25, -0.2) is 4.79 Å². The molecule has 122 valence electrons. The largest absolute Gasteiger partial charge is 0.395 e. The van der Waals surface area contributed by atoms with E-state index < -0.39 is 6.03 Å². The molecule has 1 rings (SSSR count). The normalized spacial score (nSPS) is 16.2. The zero-order chi connectivity index (χ0) is 15.7. The molecule has 0 spiro atoms. The molecule has 1 aliphatic rings. The first kappa shape index (κ1) is 17.9. The molecule has 6 nitrogen and oxygen atoms in total. The second-order valence-electron chi connectivity index (χ2n) is 6.14. The molecule has 3 N–H and O–H groups in total. The third-order valence-corrected chi connectivity index (χ3v) is 3.75. The van der Waals surface area contributed by atoms with Gasteiger partial charge in [0.2, 0.25) is 5.91 Å². The van der Waals surface area contributed by atoms with E-state index in [-0.39, 0.29) is 19.1 Å². The summed E-state index contributed by atoms with van der Waals surface area (Å²) in [5.74, 6) is 0.0363. The van der Waals surface area contributed by atoms with Gasteiger partial charge in [0.1, 0.15) is 0 Å². The van der Waals surface area contributed by atoms with Crippen LogP contribution in [-0.4, -0.2) is 54.2 Å². The summed E-state index contributed by atoms with van der Waals surface area (Å²) in [6, 6.07) is -0.100. The van der Waals surface area contributed by atoms with E-state index in [2.05, 4.69) is 10.6 Å².